The van der Waals surface area contributed by atoms with Crippen LogP contribution in [0.15, 0.2) is 60.0 Å². The normalized spacial score (nSPS) is 15.1. The summed E-state index contributed by atoms with van der Waals surface area (Å²) in [6, 6.07) is 17.7. The van der Waals surface area contributed by atoms with E-state index < -0.39 is 5.92 Å². The molecule has 2 aromatic carbocycles. The van der Waals surface area contributed by atoms with Crippen molar-refractivity contribution < 1.29 is 14.2 Å². The zero-order valence-electron chi connectivity index (χ0n) is 17.5. The van der Waals surface area contributed by atoms with Gasteiger partial charge >= 0.3 is 0 Å². The van der Waals surface area contributed by atoms with Crippen LogP contribution in [0.1, 0.15) is 36.8 Å². The van der Waals surface area contributed by atoms with Gasteiger partial charge in [-0.2, -0.15) is 5.26 Å². The van der Waals surface area contributed by atoms with E-state index in [4.69, 9.17) is 19.9 Å². The average molecular weight is 416 g/mol. The number of nitrogens with zero attached hydrogens (tertiary/aromatic N) is 2. The molecule has 2 heterocycles. The molecule has 7 heteroatoms. The van der Waals surface area contributed by atoms with Gasteiger partial charge in [0, 0.05) is 0 Å². The second-order valence-electron chi connectivity index (χ2n) is 7.22. The van der Waals surface area contributed by atoms with Gasteiger partial charge in [-0.25, -0.2) is 0 Å². The lowest BCUT2D eigenvalue weighted by atomic mass is 9.83. The summed E-state index contributed by atoms with van der Waals surface area (Å²) in [4.78, 5) is 0. The number of benzene rings is 2. The lowest BCUT2D eigenvalue weighted by molar-refractivity contribution is 0.288. The number of unbranched alkanes of at least 4 members (excludes halogenated alkanes) is 1. The summed E-state index contributed by atoms with van der Waals surface area (Å²) < 4.78 is 17.1. The number of ether oxygens (including phenoxy) is 3. The summed E-state index contributed by atoms with van der Waals surface area (Å²) in [7, 11) is 1.60. The van der Waals surface area contributed by atoms with Crippen molar-refractivity contribution in [2.24, 2.45) is 5.73 Å². The number of methoxy groups -OCH3 is 1. The van der Waals surface area contributed by atoms with Gasteiger partial charge in [0.2, 0.25) is 11.8 Å². The highest BCUT2D eigenvalue weighted by molar-refractivity contribution is 5.71. The van der Waals surface area contributed by atoms with E-state index in [9.17, 15) is 5.26 Å². The SMILES string of the molecule is CCCCOc1ccc([C@@H]2C(C#N)=C(N)Oc3n[nH]c(-c4ccccc4)c32)cc1OC. The lowest BCUT2D eigenvalue weighted by Gasteiger charge is -2.25. The molecule has 1 aromatic heterocycles. The maximum atomic E-state index is 9.89. The Morgan fingerprint density at radius 1 is 1.19 bits per heavy atom. The predicted octanol–water partition coefficient (Wildman–Crippen LogP) is 4.48. The molecular formula is C24H24N4O3. The monoisotopic (exact) mass is 416 g/mol. The number of nitrogens with one attached hydrogen (secondary N) is 1. The largest absolute Gasteiger partial charge is 0.493 e. The Morgan fingerprint density at radius 3 is 2.71 bits per heavy atom. The average Bonchev–Trinajstić information content (AvgIpc) is 3.22. The first-order valence-electron chi connectivity index (χ1n) is 10.2. The summed E-state index contributed by atoms with van der Waals surface area (Å²) in [6.07, 6.45) is 2.01. The molecule has 1 atom stereocenters. The number of nitriles is 1. The van der Waals surface area contributed by atoms with Gasteiger partial charge in [-0.05, 0) is 29.7 Å². The van der Waals surface area contributed by atoms with E-state index >= 15 is 0 Å². The molecule has 4 rings (SSSR count). The van der Waals surface area contributed by atoms with Crippen LogP contribution in [-0.4, -0.2) is 23.9 Å². The number of rotatable bonds is 7. The van der Waals surface area contributed by atoms with Crippen molar-refractivity contribution in [3.8, 4) is 34.7 Å². The first-order chi connectivity index (χ1) is 15.2. The van der Waals surface area contributed by atoms with Crippen LogP contribution in [0, 0.1) is 11.3 Å². The van der Waals surface area contributed by atoms with Crippen molar-refractivity contribution in [2.75, 3.05) is 13.7 Å². The topological polar surface area (TPSA) is 106 Å². The number of aromatic nitrogens is 2. The molecule has 158 valence electrons. The molecule has 0 saturated heterocycles. The smallest absolute Gasteiger partial charge is 0.244 e. The van der Waals surface area contributed by atoms with E-state index in [1.807, 2.05) is 48.5 Å². The third-order valence-corrected chi connectivity index (χ3v) is 5.28. The molecule has 0 saturated carbocycles. The van der Waals surface area contributed by atoms with E-state index in [0.717, 1.165) is 35.2 Å². The van der Waals surface area contributed by atoms with Gasteiger partial charge in [0.25, 0.3) is 0 Å². The quantitative estimate of drug-likeness (QED) is 0.550. The lowest BCUT2D eigenvalue weighted by Crippen LogP contribution is -2.21. The Morgan fingerprint density at radius 2 is 2.00 bits per heavy atom. The van der Waals surface area contributed by atoms with Crippen LogP contribution in [-0.2, 0) is 0 Å². The van der Waals surface area contributed by atoms with Crippen molar-refractivity contribution in [2.45, 2.75) is 25.7 Å². The molecule has 1 aliphatic heterocycles. The van der Waals surface area contributed by atoms with Crippen molar-refractivity contribution in [3.05, 3.63) is 71.1 Å². The van der Waals surface area contributed by atoms with Gasteiger partial charge in [0.1, 0.15) is 11.6 Å². The summed E-state index contributed by atoms with van der Waals surface area (Å²) >= 11 is 0. The Balaban J connectivity index is 1.83. The summed E-state index contributed by atoms with van der Waals surface area (Å²) in [5.74, 6) is 1.22. The van der Waals surface area contributed by atoms with Crippen molar-refractivity contribution >= 4 is 0 Å². The summed E-state index contributed by atoms with van der Waals surface area (Å²) in [5.41, 5.74) is 9.73. The second-order valence-corrected chi connectivity index (χ2v) is 7.22. The summed E-state index contributed by atoms with van der Waals surface area (Å²) in [6.45, 7) is 2.73. The molecule has 0 amide bonds. The van der Waals surface area contributed by atoms with E-state index in [0.29, 0.717) is 29.6 Å². The Hall–Kier alpha value is -3.92. The number of allylic oxidation sites excluding steroid dienone is 1. The molecule has 0 unspecified atom stereocenters. The highest BCUT2D eigenvalue weighted by Gasteiger charge is 2.36. The maximum absolute atomic E-state index is 9.89. The van der Waals surface area contributed by atoms with Crippen molar-refractivity contribution in [1.82, 2.24) is 10.2 Å². The van der Waals surface area contributed by atoms with Crippen molar-refractivity contribution in [1.29, 1.82) is 5.26 Å². The zero-order valence-corrected chi connectivity index (χ0v) is 17.5. The molecule has 0 radical (unpaired) electrons. The van der Waals surface area contributed by atoms with Gasteiger partial charge in [-0.1, -0.05) is 49.7 Å². The third kappa shape index (κ3) is 3.80. The van der Waals surface area contributed by atoms with E-state index in [1.54, 1.807) is 7.11 Å². The first kappa shape index (κ1) is 20.4. The molecule has 1 aliphatic rings. The molecule has 0 bridgehead atoms. The van der Waals surface area contributed by atoms with Crippen molar-refractivity contribution in [3.63, 3.8) is 0 Å². The molecule has 0 spiro atoms. The summed E-state index contributed by atoms with van der Waals surface area (Å²) in [5, 5.41) is 17.2. The van der Waals surface area contributed by atoms with Crippen LogP contribution >= 0.6 is 0 Å². The number of hydrogen-bond donors (Lipinski definition) is 2. The third-order valence-electron chi connectivity index (χ3n) is 5.28. The molecular weight excluding hydrogens is 392 g/mol. The Bertz CT molecular complexity index is 1150. The van der Waals surface area contributed by atoms with Gasteiger partial charge in [0.05, 0.1) is 30.9 Å². The highest BCUT2D eigenvalue weighted by Crippen LogP contribution is 2.46. The highest BCUT2D eigenvalue weighted by atomic mass is 16.5. The minimum atomic E-state index is -0.457. The minimum Gasteiger partial charge on any atom is -0.493 e. The number of nitrogens with two attached hydrogens (primary N) is 1. The van der Waals surface area contributed by atoms with Gasteiger partial charge in [-0.15, -0.1) is 5.10 Å². The van der Waals surface area contributed by atoms with Gasteiger partial charge in [-0.3, -0.25) is 5.10 Å². The molecule has 31 heavy (non-hydrogen) atoms. The van der Waals surface area contributed by atoms with Crippen LogP contribution in [0.5, 0.6) is 17.4 Å². The Labute approximate surface area is 181 Å². The fourth-order valence-corrected chi connectivity index (χ4v) is 3.71. The van der Waals surface area contributed by atoms with E-state index in [2.05, 4.69) is 23.2 Å². The first-order valence-corrected chi connectivity index (χ1v) is 10.2. The van der Waals surface area contributed by atoms with Crippen LogP contribution in [0.3, 0.4) is 0 Å². The second kappa shape index (κ2) is 8.84. The number of aromatic amines is 1. The van der Waals surface area contributed by atoms with Gasteiger partial charge < -0.3 is 19.9 Å². The number of fused-ring (bicyclic) bond motifs is 1. The zero-order chi connectivity index (χ0) is 21.8. The molecule has 0 fully saturated rings. The fourth-order valence-electron chi connectivity index (χ4n) is 3.71. The molecule has 3 aromatic rings. The fraction of sp³-hybridized carbons (Fsp3) is 0.250. The molecule has 3 N–H and O–H groups in total. The standard InChI is InChI=1S/C24H24N4O3/c1-3-4-12-30-18-11-10-16(13-19(18)29-2)20-17(14-25)23(26)31-24-21(20)22(27-28-24)15-8-6-5-7-9-15/h5-11,13,20H,3-4,12,26H2,1-2H3,(H,27,28)/t20-/m1/s1. The molecule has 0 aliphatic carbocycles. The number of hydrogen-bond acceptors (Lipinski definition) is 6. The molecule has 7 nitrogen and oxygen atoms in total. The van der Waals surface area contributed by atoms with Crippen LogP contribution in [0.4, 0.5) is 0 Å². The Kier molecular flexibility index (Phi) is 5.80. The maximum Gasteiger partial charge on any atom is 0.244 e. The number of H-pyrrole nitrogens is 1. The van der Waals surface area contributed by atoms with Crippen LogP contribution in [0.25, 0.3) is 11.3 Å². The predicted molar refractivity (Wildman–Crippen MR) is 117 cm³/mol. The van der Waals surface area contributed by atoms with Crippen LogP contribution < -0.4 is 19.9 Å². The van der Waals surface area contributed by atoms with E-state index in [-0.39, 0.29) is 5.88 Å². The van der Waals surface area contributed by atoms with E-state index in [1.165, 1.54) is 0 Å². The minimum absolute atomic E-state index is 0.0494. The van der Waals surface area contributed by atoms with Crippen LogP contribution in [0.2, 0.25) is 0 Å². The van der Waals surface area contributed by atoms with Gasteiger partial charge in [0.15, 0.2) is 11.5 Å².